The number of nitrogens with zero attached hydrogens (tertiary/aromatic N) is 4. The van der Waals surface area contributed by atoms with Crippen LogP contribution in [0.15, 0.2) is 179 Å². The van der Waals surface area contributed by atoms with E-state index in [-0.39, 0.29) is 12.1 Å². The first kappa shape index (κ1) is 35.7. The minimum absolute atomic E-state index is 0.0669. The molecule has 4 unspecified atom stereocenters. The SMILES string of the molecule is C[C@@H]1C=CCCC1[Si](C1=CCC(C2N=C(C3=CCCC=C3)N=C(c3ccccc3)N2C)C=C1)(c1ccccc1)c1ccc2c3cc[nH]c3n(C3=CC=CCC3)c2c1. The van der Waals surface area contributed by atoms with E-state index >= 15 is 0 Å². The van der Waals surface area contributed by atoms with Crippen LogP contribution in [0.3, 0.4) is 0 Å². The van der Waals surface area contributed by atoms with Crippen molar-refractivity contribution in [1.82, 2.24) is 14.5 Å². The number of allylic oxidation sites excluding steroid dienone is 11. The van der Waals surface area contributed by atoms with Gasteiger partial charge in [0.25, 0.3) is 0 Å². The van der Waals surface area contributed by atoms with Crippen molar-refractivity contribution in [2.45, 2.75) is 63.6 Å². The molecule has 5 aliphatic rings. The average molecular weight is 762 g/mol. The highest BCUT2D eigenvalue weighted by Crippen LogP contribution is 2.45. The Labute approximate surface area is 337 Å². The molecule has 5 aromatic rings. The standard InChI is InChI=1S/C51H51N5Si/c1-36-17-15-16-26-47(36)57(41-24-13-6-14-25-41,43-31-32-44-45-33-34-52-51(45)56(46(44)35-43)40-22-11-5-12-23-40)42-29-27-39(28-30-42)50-54-48(37-18-7-3-8-19-37)53-49(55(50)2)38-20-9-4-10-21-38/h4-7,9-11,13-15,17-22,24-25,27,29-36,39,47,50,52H,3,8,12,16,23,26,28H2,1-2H3/t36-,39?,47?,50?,57?/m1/s1. The summed E-state index contributed by atoms with van der Waals surface area (Å²) in [5, 5.41) is 7.14. The summed E-state index contributed by atoms with van der Waals surface area (Å²) in [6.45, 7) is 2.47. The van der Waals surface area contributed by atoms with Gasteiger partial charge in [-0.3, -0.25) is 4.57 Å². The van der Waals surface area contributed by atoms with Crippen LogP contribution in [0.4, 0.5) is 0 Å². The molecule has 1 aliphatic heterocycles. The summed E-state index contributed by atoms with van der Waals surface area (Å²) in [4.78, 5) is 16.6. The number of H-pyrrole nitrogens is 1. The molecule has 0 bridgehead atoms. The van der Waals surface area contributed by atoms with Gasteiger partial charge in [-0.1, -0.05) is 146 Å². The van der Waals surface area contributed by atoms with Crippen LogP contribution >= 0.6 is 0 Å². The molecule has 10 rings (SSSR count). The summed E-state index contributed by atoms with van der Waals surface area (Å²) in [5.74, 6) is 2.50. The number of nitrogens with one attached hydrogen (secondary N) is 1. The van der Waals surface area contributed by atoms with Crippen LogP contribution < -0.4 is 10.4 Å². The highest BCUT2D eigenvalue weighted by Gasteiger charge is 2.50. The van der Waals surface area contributed by atoms with Gasteiger partial charge in [-0.15, -0.1) is 0 Å². The van der Waals surface area contributed by atoms with Crippen molar-refractivity contribution in [3.8, 4) is 0 Å². The second kappa shape index (κ2) is 15.0. The van der Waals surface area contributed by atoms with Gasteiger partial charge in [-0.2, -0.15) is 0 Å². The summed E-state index contributed by atoms with van der Waals surface area (Å²) in [6, 6.07) is 32.1. The van der Waals surface area contributed by atoms with Crippen LogP contribution in [-0.2, 0) is 0 Å². The van der Waals surface area contributed by atoms with Crippen LogP contribution in [0.1, 0.15) is 57.4 Å². The second-order valence-electron chi connectivity index (χ2n) is 16.4. The van der Waals surface area contributed by atoms with Gasteiger partial charge in [0.15, 0.2) is 13.9 Å². The maximum absolute atomic E-state index is 5.44. The molecule has 0 fully saturated rings. The Balaban J connectivity index is 1.12. The number of aliphatic imine (C=N–C) groups is 2. The van der Waals surface area contributed by atoms with Crippen molar-refractivity contribution in [2.75, 3.05) is 7.05 Å². The van der Waals surface area contributed by atoms with E-state index in [4.69, 9.17) is 9.98 Å². The molecular weight excluding hydrogens is 711 g/mol. The van der Waals surface area contributed by atoms with E-state index in [0.29, 0.717) is 11.5 Å². The lowest BCUT2D eigenvalue weighted by atomic mass is 9.95. The zero-order valence-corrected chi connectivity index (χ0v) is 34.1. The van der Waals surface area contributed by atoms with E-state index in [0.717, 1.165) is 61.3 Å². The van der Waals surface area contributed by atoms with Gasteiger partial charge in [0.1, 0.15) is 17.6 Å². The number of hydrogen-bond donors (Lipinski definition) is 1. The number of hydrogen-bond acceptors (Lipinski definition) is 3. The molecule has 5 nitrogen and oxygen atoms in total. The highest BCUT2D eigenvalue weighted by molar-refractivity contribution is 7.09. The normalized spacial score (nSPS) is 24.5. The Hall–Kier alpha value is -5.72. The fourth-order valence-corrected chi connectivity index (χ4v) is 16.4. The van der Waals surface area contributed by atoms with Crippen molar-refractivity contribution in [1.29, 1.82) is 0 Å². The molecule has 0 amide bonds. The minimum Gasteiger partial charge on any atom is -0.347 e. The van der Waals surface area contributed by atoms with E-state index in [1.54, 1.807) is 0 Å². The summed E-state index contributed by atoms with van der Waals surface area (Å²) in [6.07, 6.45) is 35.6. The smallest absolute Gasteiger partial charge is 0.158 e. The Morgan fingerprint density at radius 1 is 0.789 bits per heavy atom. The molecule has 6 heteroatoms. The first-order valence-corrected chi connectivity index (χ1v) is 23.1. The molecule has 1 N–H and O–H groups in total. The van der Waals surface area contributed by atoms with E-state index in [9.17, 15) is 0 Å². The fraction of sp³-hybridized carbons (Fsp3) is 0.255. The third-order valence-electron chi connectivity index (χ3n) is 13.2. The summed E-state index contributed by atoms with van der Waals surface area (Å²) in [7, 11) is -0.477. The number of rotatable bonds is 8. The summed E-state index contributed by atoms with van der Waals surface area (Å²) < 4.78 is 2.52. The molecule has 3 aromatic carbocycles. The van der Waals surface area contributed by atoms with Crippen molar-refractivity contribution >= 4 is 57.8 Å². The van der Waals surface area contributed by atoms with Crippen LogP contribution in [0.5, 0.6) is 0 Å². The van der Waals surface area contributed by atoms with E-state index in [1.165, 1.54) is 49.6 Å². The molecule has 0 spiro atoms. The molecule has 3 heterocycles. The zero-order valence-electron chi connectivity index (χ0n) is 33.1. The summed E-state index contributed by atoms with van der Waals surface area (Å²) >= 11 is 0. The number of aromatic nitrogens is 2. The van der Waals surface area contributed by atoms with Crippen molar-refractivity contribution in [3.05, 3.63) is 174 Å². The first-order chi connectivity index (χ1) is 28.1. The van der Waals surface area contributed by atoms with Gasteiger partial charge >= 0.3 is 0 Å². The Morgan fingerprint density at radius 2 is 1.65 bits per heavy atom. The fourth-order valence-electron chi connectivity index (χ4n) is 10.4. The van der Waals surface area contributed by atoms with Gasteiger partial charge in [-0.25, -0.2) is 9.98 Å². The zero-order chi connectivity index (χ0) is 38.3. The third kappa shape index (κ3) is 6.13. The van der Waals surface area contributed by atoms with Crippen LogP contribution in [0.2, 0.25) is 5.54 Å². The van der Waals surface area contributed by atoms with Gasteiger partial charge in [0.2, 0.25) is 0 Å². The Morgan fingerprint density at radius 3 is 2.40 bits per heavy atom. The number of benzene rings is 3. The van der Waals surface area contributed by atoms with Crippen LogP contribution in [0.25, 0.3) is 27.6 Å². The molecular formula is C51H51N5Si. The molecule has 284 valence electrons. The van der Waals surface area contributed by atoms with Gasteiger partial charge in [0.05, 0.1) is 5.52 Å². The lowest BCUT2D eigenvalue weighted by Crippen LogP contribution is -2.64. The Kier molecular flexibility index (Phi) is 9.38. The number of amidine groups is 2. The molecule has 0 saturated heterocycles. The van der Waals surface area contributed by atoms with E-state index < -0.39 is 8.07 Å². The predicted octanol–water partition coefficient (Wildman–Crippen LogP) is 10.7. The molecule has 4 aliphatic carbocycles. The quantitative estimate of drug-likeness (QED) is 0.124. The largest absolute Gasteiger partial charge is 0.347 e. The molecule has 5 atom stereocenters. The molecule has 57 heavy (non-hydrogen) atoms. The van der Waals surface area contributed by atoms with Crippen molar-refractivity contribution in [2.24, 2.45) is 21.8 Å². The Bertz CT molecular complexity index is 2610. The molecule has 0 radical (unpaired) electrons. The highest BCUT2D eigenvalue weighted by atomic mass is 28.3. The van der Waals surface area contributed by atoms with Crippen LogP contribution in [0, 0.1) is 11.8 Å². The second-order valence-corrected chi connectivity index (χ2v) is 20.5. The summed E-state index contributed by atoms with van der Waals surface area (Å²) in [5.41, 5.74) is 6.62. The number of aromatic amines is 1. The van der Waals surface area contributed by atoms with Gasteiger partial charge in [0, 0.05) is 46.8 Å². The lowest BCUT2D eigenvalue weighted by molar-refractivity contribution is 0.299. The third-order valence-corrected chi connectivity index (χ3v) is 18.8. The topological polar surface area (TPSA) is 48.7 Å². The van der Waals surface area contributed by atoms with E-state index in [1.807, 2.05) is 0 Å². The molecule has 2 aromatic heterocycles. The molecule has 0 saturated carbocycles. The van der Waals surface area contributed by atoms with Gasteiger partial charge in [-0.05, 0) is 85.0 Å². The maximum atomic E-state index is 5.44. The monoisotopic (exact) mass is 761 g/mol. The first-order valence-electron chi connectivity index (χ1n) is 21.0. The van der Waals surface area contributed by atoms with Crippen molar-refractivity contribution < 1.29 is 0 Å². The van der Waals surface area contributed by atoms with Crippen LogP contribution in [-0.4, -0.2) is 47.4 Å². The average Bonchev–Trinajstić information content (AvgIpc) is 3.87. The van der Waals surface area contributed by atoms with Gasteiger partial charge < -0.3 is 9.88 Å². The van der Waals surface area contributed by atoms with Crippen molar-refractivity contribution in [3.63, 3.8) is 0 Å². The number of fused-ring (bicyclic) bond motifs is 3. The predicted molar refractivity (Wildman–Crippen MR) is 243 cm³/mol. The lowest BCUT2D eigenvalue weighted by Gasteiger charge is -2.46. The van der Waals surface area contributed by atoms with E-state index in [2.05, 4.69) is 186 Å². The maximum Gasteiger partial charge on any atom is 0.158 e. The minimum atomic E-state index is -2.66.